The Morgan fingerprint density at radius 1 is 1.19 bits per heavy atom. The number of hydrogen-bond acceptors (Lipinski definition) is 5. The minimum absolute atomic E-state index is 0. The van der Waals surface area contributed by atoms with Gasteiger partial charge in [-0.3, -0.25) is 9.79 Å². The standard InChI is InChI=1S/C19H38N4O3.HI/c1-4-20-19(22-13-15-23(2)14-8-16-25-3)21-12-7-11-18(24)26-17-9-5-6-10-17;/h17H,4-16H2,1-3H3,(H2,20,21,22);1H. The van der Waals surface area contributed by atoms with Crippen molar-refractivity contribution in [1.82, 2.24) is 15.5 Å². The van der Waals surface area contributed by atoms with Crippen molar-refractivity contribution in [1.29, 1.82) is 0 Å². The fourth-order valence-electron chi connectivity index (χ4n) is 2.96. The molecule has 0 atom stereocenters. The van der Waals surface area contributed by atoms with Gasteiger partial charge in [0.25, 0.3) is 0 Å². The molecule has 8 heteroatoms. The first kappa shape index (κ1) is 26.4. The van der Waals surface area contributed by atoms with Crippen LogP contribution in [0.25, 0.3) is 0 Å². The zero-order valence-electron chi connectivity index (χ0n) is 17.3. The Labute approximate surface area is 182 Å². The molecule has 0 unspecified atom stereocenters. The molecular formula is C19H39IN4O3. The van der Waals surface area contributed by atoms with E-state index in [2.05, 4.69) is 27.6 Å². The number of carbonyl (C=O) groups excluding carboxylic acids is 1. The van der Waals surface area contributed by atoms with Crippen molar-refractivity contribution in [2.24, 2.45) is 4.99 Å². The quantitative estimate of drug-likeness (QED) is 0.134. The summed E-state index contributed by atoms with van der Waals surface area (Å²) in [5.74, 6) is 0.727. The summed E-state index contributed by atoms with van der Waals surface area (Å²) in [4.78, 5) is 18.6. The first-order valence-electron chi connectivity index (χ1n) is 10.0. The van der Waals surface area contributed by atoms with Crippen LogP contribution in [0.3, 0.4) is 0 Å². The zero-order chi connectivity index (χ0) is 19.0. The van der Waals surface area contributed by atoms with Crippen LogP contribution in [0.2, 0.25) is 0 Å². The third kappa shape index (κ3) is 14.1. The lowest BCUT2D eigenvalue weighted by Gasteiger charge is -2.18. The Kier molecular flexibility index (Phi) is 17.1. The summed E-state index contributed by atoms with van der Waals surface area (Å²) in [6, 6.07) is 0. The second kappa shape index (κ2) is 17.5. The van der Waals surface area contributed by atoms with Gasteiger partial charge >= 0.3 is 5.97 Å². The van der Waals surface area contributed by atoms with E-state index in [-0.39, 0.29) is 36.0 Å². The lowest BCUT2D eigenvalue weighted by atomic mass is 10.3. The number of nitrogens with zero attached hydrogens (tertiary/aromatic N) is 2. The molecule has 0 bridgehead atoms. The van der Waals surface area contributed by atoms with E-state index in [4.69, 9.17) is 9.47 Å². The van der Waals surface area contributed by atoms with E-state index < -0.39 is 0 Å². The predicted octanol–water partition coefficient (Wildman–Crippen LogP) is 2.39. The summed E-state index contributed by atoms with van der Waals surface area (Å²) in [5.41, 5.74) is 0. The number of esters is 1. The van der Waals surface area contributed by atoms with Gasteiger partial charge in [-0.25, -0.2) is 0 Å². The van der Waals surface area contributed by atoms with Gasteiger partial charge in [0.15, 0.2) is 5.96 Å². The third-order valence-corrected chi connectivity index (χ3v) is 4.43. The first-order chi connectivity index (χ1) is 12.7. The van der Waals surface area contributed by atoms with E-state index >= 15 is 0 Å². The number of guanidine groups is 1. The normalized spacial score (nSPS) is 14.9. The van der Waals surface area contributed by atoms with Crippen LogP contribution < -0.4 is 10.6 Å². The minimum atomic E-state index is -0.0808. The van der Waals surface area contributed by atoms with Gasteiger partial charge in [0.05, 0.1) is 0 Å². The van der Waals surface area contributed by atoms with Gasteiger partial charge < -0.3 is 25.0 Å². The molecule has 160 valence electrons. The van der Waals surface area contributed by atoms with Crippen LogP contribution in [0.1, 0.15) is 51.9 Å². The molecule has 0 aromatic carbocycles. The van der Waals surface area contributed by atoms with Crippen molar-refractivity contribution < 1.29 is 14.3 Å². The molecular weight excluding hydrogens is 459 g/mol. The maximum absolute atomic E-state index is 11.8. The molecule has 1 aliphatic carbocycles. The number of nitrogens with one attached hydrogen (secondary N) is 2. The molecule has 1 aliphatic rings. The van der Waals surface area contributed by atoms with Gasteiger partial charge in [0.1, 0.15) is 6.10 Å². The van der Waals surface area contributed by atoms with Gasteiger partial charge in [-0.15, -0.1) is 24.0 Å². The summed E-state index contributed by atoms with van der Waals surface area (Å²) in [6.45, 7) is 7.09. The number of carbonyl (C=O) groups is 1. The molecule has 0 radical (unpaired) electrons. The zero-order valence-corrected chi connectivity index (χ0v) is 19.6. The molecule has 27 heavy (non-hydrogen) atoms. The summed E-state index contributed by atoms with van der Waals surface area (Å²) in [5, 5.41) is 6.58. The number of hydrogen-bond donors (Lipinski definition) is 2. The van der Waals surface area contributed by atoms with Crippen LogP contribution in [-0.2, 0) is 14.3 Å². The second-order valence-electron chi connectivity index (χ2n) is 6.84. The highest BCUT2D eigenvalue weighted by molar-refractivity contribution is 14.0. The van der Waals surface area contributed by atoms with E-state index in [1.165, 1.54) is 12.8 Å². The SMILES string of the molecule is CCNC(=NCCCC(=O)OC1CCCC1)NCCN(C)CCCOC.I. The maximum atomic E-state index is 11.8. The van der Waals surface area contributed by atoms with Crippen molar-refractivity contribution in [3.63, 3.8) is 0 Å². The molecule has 0 aromatic heterocycles. The Balaban J connectivity index is 0.00000676. The van der Waals surface area contributed by atoms with Crippen molar-refractivity contribution in [3.8, 4) is 0 Å². The Hall–Kier alpha value is -0.610. The molecule has 0 aromatic rings. The molecule has 0 spiro atoms. The minimum Gasteiger partial charge on any atom is -0.462 e. The van der Waals surface area contributed by atoms with Crippen molar-refractivity contribution >= 4 is 35.9 Å². The van der Waals surface area contributed by atoms with Crippen LogP contribution in [0, 0.1) is 0 Å². The molecule has 2 N–H and O–H groups in total. The van der Waals surface area contributed by atoms with Gasteiger partial charge in [-0.1, -0.05) is 0 Å². The monoisotopic (exact) mass is 498 g/mol. The fourth-order valence-corrected chi connectivity index (χ4v) is 2.96. The summed E-state index contributed by atoms with van der Waals surface area (Å²) < 4.78 is 10.5. The number of ether oxygens (including phenoxy) is 2. The lowest BCUT2D eigenvalue weighted by molar-refractivity contribution is -0.148. The topological polar surface area (TPSA) is 75.2 Å². The van der Waals surface area contributed by atoms with E-state index in [9.17, 15) is 4.79 Å². The Morgan fingerprint density at radius 3 is 2.59 bits per heavy atom. The lowest BCUT2D eigenvalue weighted by Crippen LogP contribution is -2.41. The molecule has 1 rings (SSSR count). The molecule has 7 nitrogen and oxygen atoms in total. The molecule has 0 aliphatic heterocycles. The number of aliphatic imine (C=N–C) groups is 1. The molecule has 1 saturated carbocycles. The molecule has 1 fully saturated rings. The molecule has 0 heterocycles. The van der Waals surface area contributed by atoms with E-state index in [1.807, 2.05) is 6.92 Å². The van der Waals surface area contributed by atoms with Gasteiger partial charge in [-0.05, 0) is 52.5 Å². The van der Waals surface area contributed by atoms with E-state index in [0.717, 1.165) is 64.4 Å². The van der Waals surface area contributed by atoms with Crippen LogP contribution >= 0.6 is 24.0 Å². The highest BCUT2D eigenvalue weighted by Crippen LogP contribution is 2.21. The van der Waals surface area contributed by atoms with Crippen LogP contribution in [0.15, 0.2) is 4.99 Å². The van der Waals surface area contributed by atoms with E-state index in [1.54, 1.807) is 7.11 Å². The number of likely N-dealkylation sites (N-methyl/N-ethyl adjacent to an activating group) is 1. The van der Waals surface area contributed by atoms with Crippen molar-refractivity contribution in [2.75, 3.05) is 53.5 Å². The third-order valence-electron chi connectivity index (χ3n) is 4.43. The van der Waals surface area contributed by atoms with Gasteiger partial charge in [-0.2, -0.15) is 0 Å². The van der Waals surface area contributed by atoms with E-state index in [0.29, 0.717) is 13.0 Å². The van der Waals surface area contributed by atoms with Crippen molar-refractivity contribution in [3.05, 3.63) is 0 Å². The number of rotatable bonds is 13. The smallest absolute Gasteiger partial charge is 0.306 e. The fraction of sp³-hybridized carbons (Fsp3) is 0.895. The predicted molar refractivity (Wildman–Crippen MR) is 121 cm³/mol. The van der Waals surface area contributed by atoms with Crippen LogP contribution in [-0.4, -0.2) is 76.4 Å². The highest BCUT2D eigenvalue weighted by atomic mass is 127. The Morgan fingerprint density at radius 2 is 1.93 bits per heavy atom. The summed E-state index contributed by atoms with van der Waals surface area (Å²) >= 11 is 0. The summed E-state index contributed by atoms with van der Waals surface area (Å²) in [6.07, 6.45) is 6.78. The number of methoxy groups -OCH3 is 1. The Bertz CT molecular complexity index is 404. The first-order valence-corrected chi connectivity index (χ1v) is 10.0. The van der Waals surface area contributed by atoms with Crippen LogP contribution in [0.4, 0.5) is 0 Å². The average molecular weight is 498 g/mol. The average Bonchev–Trinajstić information content (AvgIpc) is 3.11. The summed E-state index contributed by atoms with van der Waals surface area (Å²) in [7, 11) is 3.84. The maximum Gasteiger partial charge on any atom is 0.306 e. The second-order valence-corrected chi connectivity index (χ2v) is 6.84. The largest absolute Gasteiger partial charge is 0.462 e. The van der Waals surface area contributed by atoms with Gasteiger partial charge in [0.2, 0.25) is 0 Å². The molecule has 0 saturated heterocycles. The molecule has 0 amide bonds. The highest BCUT2D eigenvalue weighted by Gasteiger charge is 2.18. The van der Waals surface area contributed by atoms with Crippen molar-refractivity contribution in [2.45, 2.75) is 58.0 Å². The van der Waals surface area contributed by atoms with Gasteiger partial charge in [0, 0.05) is 52.9 Å². The number of halogens is 1. The van der Waals surface area contributed by atoms with Crippen LogP contribution in [0.5, 0.6) is 0 Å².